The normalized spacial score (nSPS) is 21.9. The molecule has 0 fully saturated rings. The van der Waals surface area contributed by atoms with Crippen LogP contribution in [0.3, 0.4) is 0 Å². The van der Waals surface area contributed by atoms with E-state index in [1.165, 1.54) is 0 Å². The van der Waals surface area contributed by atoms with Gasteiger partial charge in [0, 0.05) is 0 Å². The van der Waals surface area contributed by atoms with Gasteiger partial charge in [0.05, 0.1) is 18.3 Å². The molecule has 1 atom stereocenters. The van der Waals surface area contributed by atoms with Gasteiger partial charge in [-0.1, -0.05) is 24.3 Å². The molecule has 1 heterocycles. The highest BCUT2D eigenvalue weighted by molar-refractivity contribution is 5.02. The quantitative estimate of drug-likeness (QED) is 0.680. The molecule has 0 saturated carbocycles. The van der Waals surface area contributed by atoms with Crippen molar-refractivity contribution in [2.75, 3.05) is 6.61 Å². The number of aliphatic hydroxyl groups is 1. The average molecular weight is 194 g/mol. The van der Waals surface area contributed by atoms with Crippen LogP contribution >= 0.6 is 0 Å². The van der Waals surface area contributed by atoms with Gasteiger partial charge < -0.3 is 9.84 Å². The van der Waals surface area contributed by atoms with Gasteiger partial charge in [0.1, 0.15) is 0 Å². The van der Waals surface area contributed by atoms with E-state index in [0.29, 0.717) is 19.4 Å². The Kier molecular flexibility index (Phi) is 4.11. The van der Waals surface area contributed by atoms with Crippen molar-refractivity contribution in [3.63, 3.8) is 0 Å². The Balaban J connectivity index is 2.68. The molecule has 78 valence electrons. The summed E-state index contributed by atoms with van der Waals surface area (Å²) in [5.74, 6) is 0. The third-order valence-electron chi connectivity index (χ3n) is 2.51. The standard InChI is InChI=1S/C12H18O2/c1-3-8-12(13,9-4-2)11-7-5-6-10-14-11/h3-6,11,13H,1-2,7-10H2/t11-/m1/s1. The molecule has 1 aliphatic heterocycles. The van der Waals surface area contributed by atoms with E-state index < -0.39 is 5.60 Å². The van der Waals surface area contributed by atoms with Gasteiger partial charge in [-0.05, 0) is 19.3 Å². The number of ether oxygens (including phenoxy) is 1. The van der Waals surface area contributed by atoms with Crippen molar-refractivity contribution in [3.8, 4) is 0 Å². The Morgan fingerprint density at radius 1 is 1.36 bits per heavy atom. The van der Waals surface area contributed by atoms with E-state index >= 15 is 0 Å². The molecule has 1 aliphatic rings. The zero-order chi connectivity index (χ0) is 10.4. The van der Waals surface area contributed by atoms with E-state index in [4.69, 9.17) is 4.74 Å². The molecule has 2 nitrogen and oxygen atoms in total. The molecule has 0 aromatic heterocycles. The van der Waals surface area contributed by atoms with Crippen LogP contribution in [0, 0.1) is 0 Å². The molecule has 0 aromatic carbocycles. The Hall–Kier alpha value is -0.860. The van der Waals surface area contributed by atoms with Crippen molar-refractivity contribution in [2.45, 2.75) is 31.0 Å². The third-order valence-corrected chi connectivity index (χ3v) is 2.51. The van der Waals surface area contributed by atoms with Crippen molar-refractivity contribution in [3.05, 3.63) is 37.5 Å². The minimum absolute atomic E-state index is 0.136. The molecule has 0 spiro atoms. The van der Waals surface area contributed by atoms with Crippen LogP contribution in [-0.4, -0.2) is 23.4 Å². The van der Waals surface area contributed by atoms with Gasteiger partial charge in [0.2, 0.25) is 0 Å². The lowest BCUT2D eigenvalue weighted by Gasteiger charge is -2.35. The first-order valence-electron chi connectivity index (χ1n) is 4.93. The van der Waals surface area contributed by atoms with Gasteiger partial charge in [-0.15, -0.1) is 13.2 Å². The van der Waals surface area contributed by atoms with E-state index in [9.17, 15) is 5.11 Å². The number of rotatable bonds is 5. The summed E-state index contributed by atoms with van der Waals surface area (Å²) >= 11 is 0. The molecule has 0 saturated heterocycles. The lowest BCUT2D eigenvalue weighted by Crippen LogP contribution is -2.44. The zero-order valence-electron chi connectivity index (χ0n) is 8.48. The van der Waals surface area contributed by atoms with E-state index in [-0.39, 0.29) is 6.10 Å². The molecule has 14 heavy (non-hydrogen) atoms. The van der Waals surface area contributed by atoms with Gasteiger partial charge >= 0.3 is 0 Å². The van der Waals surface area contributed by atoms with Crippen LogP contribution in [0.1, 0.15) is 19.3 Å². The van der Waals surface area contributed by atoms with Crippen LogP contribution in [-0.2, 0) is 4.74 Å². The molecule has 0 amide bonds. The second-order valence-electron chi connectivity index (χ2n) is 3.62. The molecule has 0 bridgehead atoms. The Morgan fingerprint density at radius 3 is 2.43 bits per heavy atom. The first-order valence-corrected chi connectivity index (χ1v) is 4.93. The first kappa shape index (κ1) is 11.2. The minimum atomic E-state index is -0.839. The summed E-state index contributed by atoms with van der Waals surface area (Å²) in [6, 6.07) is 0. The van der Waals surface area contributed by atoms with Crippen LogP contribution in [0.25, 0.3) is 0 Å². The number of hydrogen-bond acceptors (Lipinski definition) is 2. The van der Waals surface area contributed by atoms with E-state index in [0.717, 1.165) is 6.42 Å². The predicted molar refractivity (Wildman–Crippen MR) is 58.1 cm³/mol. The van der Waals surface area contributed by atoms with Crippen molar-refractivity contribution in [2.24, 2.45) is 0 Å². The van der Waals surface area contributed by atoms with Crippen molar-refractivity contribution in [1.29, 1.82) is 0 Å². The highest BCUT2D eigenvalue weighted by atomic mass is 16.5. The lowest BCUT2D eigenvalue weighted by molar-refractivity contribution is -0.101. The fraction of sp³-hybridized carbons (Fsp3) is 0.500. The Bertz CT molecular complexity index is 220. The smallest absolute Gasteiger partial charge is 0.0979 e. The summed E-state index contributed by atoms with van der Waals surface area (Å²) in [6.45, 7) is 7.89. The van der Waals surface area contributed by atoms with Gasteiger partial charge in [-0.2, -0.15) is 0 Å². The molecule has 0 aromatic rings. The summed E-state index contributed by atoms with van der Waals surface area (Å²) in [6.07, 6.45) is 9.18. The summed E-state index contributed by atoms with van der Waals surface area (Å²) in [5.41, 5.74) is -0.839. The van der Waals surface area contributed by atoms with Crippen LogP contribution in [0.4, 0.5) is 0 Å². The largest absolute Gasteiger partial charge is 0.387 e. The number of hydrogen-bond donors (Lipinski definition) is 1. The molecular weight excluding hydrogens is 176 g/mol. The summed E-state index contributed by atoms with van der Waals surface area (Å²) in [7, 11) is 0. The van der Waals surface area contributed by atoms with Gasteiger partial charge in [-0.3, -0.25) is 0 Å². The third kappa shape index (κ3) is 2.56. The second kappa shape index (κ2) is 5.13. The molecule has 1 rings (SSSR count). The van der Waals surface area contributed by atoms with Crippen LogP contribution in [0.15, 0.2) is 37.5 Å². The van der Waals surface area contributed by atoms with E-state index in [2.05, 4.69) is 13.2 Å². The second-order valence-corrected chi connectivity index (χ2v) is 3.62. The topological polar surface area (TPSA) is 29.5 Å². The molecule has 0 aliphatic carbocycles. The van der Waals surface area contributed by atoms with E-state index in [1.807, 2.05) is 12.2 Å². The van der Waals surface area contributed by atoms with E-state index in [1.54, 1.807) is 12.2 Å². The average Bonchev–Trinajstić information content (AvgIpc) is 2.20. The maximum atomic E-state index is 10.3. The Labute approximate surface area is 85.6 Å². The van der Waals surface area contributed by atoms with Crippen LogP contribution in [0.2, 0.25) is 0 Å². The van der Waals surface area contributed by atoms with Crippen molar-refractivity contribution in [1.82, 2.24) is 0 Å². The molecule has 2 heteroatoms. The maximum absolute atomic E-state index is 10.3. The molecular formula is C12H18O2. The van der Waals surface area contributed by atoms with Gasteiger partial charge in [0.15, 0.2) is 0 Å². The molecule has 0 unspecified atom stereocenters. The van der Waals surface area contributed by atoms with Crippen LogP contribution < -0.4 is 0 Å². The predicted octanol–water partition coefficient (Wildman–Crippen LogP) is 2.21. The monoisotopic (exact) mass is 194 g/mol. The lowest BCUT2D eigenvalue weighted by atomic mass is 9.86. The van der Waals surface area contributed by atoms with Crippen LogP contribution in [0.5, 0.6) is 0 Å². The molecule has 0 radical (unpaired) electrons. The fourth-order valence-corrected chi connectivity index (χ4v) is 1.75. The van der Waals surface area contributed by atoms with Gasteiger partial charge in [-0.25, -0.2) is 0 Å². The fourth-order valence-electron chi connectivity index (χ4n) is 1.75. The summed E-state index contributed by atoms with van der Waals surface area (Å²) < 4.78 is 5.52. The van der Waals surface area contributed by atoms with Gasteiger partial charge in [0.25, 0.3) is 0 Å². The minimum Gasteiger partial charge on any atom is -0.387 e. The highest BCUT2D eigenvalue weighted by Crippen LogP contribution is 2.27. The highest BCUT2D eigenvalue weighted by Gasteiger charge is 2.35. The zero-order valence-corrected chi connectivity index (χ0v) is 8.48. The van der Waals surface area contributed by atoms with Crippen molar-refractivity contribution < 1.29 is 9.84 Å². The SMILES string of the molecule is C=CCC(O)(CC=C)[C@H]1CC=CCO1. The molecule has 1 N–H and O–H groups in total. The Morgan fingerprint density at radius 2 is 2.00 bits per heavy atom. The first-order chi connectivity index (χ1) is 6.73. The van der Waals surface area contributed by atoms with Crippen molar-refractivity contribution >= 4 is 0 Å². The summed E-state index contributed by atoms with van der Waals surface area (Å²) in [4.78, 5) is 0. The summed E-state index contributed by atoms with van der Waals surface area (Å²) in [5, 5.41) is 10.3. The maximum Gasteiger partial charge on any atom is 0.0979 e.